The molecule has 7 heteroatoms. The number of sulfone groups is 1. The van der Waals surface area contributed by atoms with E-state index in [1.54, 1.807) is 0 Å². The summed E-state index contributed by atoms with van der Waals surface area (Å²) in [5.74, 6) is -0.922. The van der Waals surface area contributed by atoms with Crippen LogP contribution in [-0.2, 0) is 30.6 Å². The minimum Gasteiger partial charge on any atom is -0.464 e. The van der Waals surface area contributed by atoms with E-state index in [4.69, 9.17) is 4.74 Å². The van der Waals surface area contributed by atoms with Crippen LogP contribution in [0.15, 0.2) is 30.3 Å². The number of benzene rings is 1. The Morgan fingerprint density at radius 3 is 2.56 bits per heavy atom. The highest BCUT2D eigenvalue weighted by Crippen LogP contribution is 2.45. The first-order chi connectivity index (χ1) is 11.8. The number of amides is 1. The van der Waals surface area contributed by atoms with Gasteiger partial charge in [-0.15, -0.1) is 0 Å². The Morgan fingerprint density at radius 2 is 1.92 bits per heavy atom. The van der Waals surface area contributed by atoms with Gasteiger partial charge in [0, 0.05) is 0 Å². The van der Waals surface area contributed by atoms with Crippen LogP contribution >= 0.6 is 0 Å². The van der Waals surface area contributed by atoms with E-state index in [0.717, 1.165) is 12.8 Å². The van der Waals surface area contributed by atoms with Crippen LogP contribution in [0.25, 0.3) is 0 Å². The molecule has 1 aromatic carbocycles. The van der Waals surface area contributed by atoms with Gasteiger partial charge in [0.2, 0.25) is 5.91 Å². The molecule has 25 heavy (non-hydrogen) atoms. The molecule has 6 nitrogen and oxygen atoms in total. The number of hydrogen-bond acceptors (Lipinski definition) is 5. The monoisotopic (exact) mass is 365 g/mol. The van der Waals surface area contributed by atoms with Crippen molar-refractivity contribution >= 4 is 21.7 Å². The Kier molecular flexibility index (Phi) is 4.62. The Morgan fingerprint density at radius 1 is 1.24 bits per heavy atom. The largest absolute Gasteiger partial charge is 0.464 e. The van der Waals surface area contributed by atoms with Crippen molar-refractivity contribution in [3.8, 4) is 0 Å². The molecule has 3 rings (SSSR count). The van der Waals surface area contributed by atoms with Crippen molar-refractivity contribution in [1.82, 2.24) is 4.90 Å². The molecular weight excluding hydrogens is 342 g/mol. The van der Waals surface area contributed by atoms with Crippen LogP contribution in [0.1, 0.15) is 38.7 Å². The van der Waals surface area contributed by atoms with Crippen LogP contribution in [0.4, 0.5) is 0 Å². The van der Waals surface area contributed by atoms with Gasteiger partial charge in [0.1, 0.15) is 11.4 Å². The molecule has 0 saturated carbocycles. The molecule has 0 unspecified atom stereocenters. The van der Waals surface area contributed by atoms with Gasteiger partial charge in [-0.2, -0.15) is 0 Å². The number of hydrogen-bond donors (Lipinski definition) is 0. The van der Waals surface area contributed by atoms with Gasteiger partial charge in [-0.05, 0) is 38.7 Å². The third-order valence-electron chi connectivity index (χ3n) is 5.15. The predicted molar refractivity (Wildman–Crippen MR) is 92.4 cm³/mol. The number of esters is 1. The molecule has 0 N–H and O–H groups in total. The fourth-order valence-corrected chi connectivity index (χ4v) is 5.66. The van der Waals surface area contributed by atoms with E-state index in [1.807, 2.05) is 30.3 Å². The van der Waals surface area contributed by atoms with Crippen LogP contribution in [0.5, 0.6) is 0 Å². The number of nitrogens with zero attached hydrogens (tertiary/aromatic N) is 1. The second kappa shape index (κ2) is 6.44. The lowest BCUT2D eigenvalue weighted by molar-refractivity contribution is -0.161. The summed E-state index contributed by atoms with van der Waals surface area (Å²) < 4.78 is 28.9. The minimum absolute atomic E-state index is 0.0351. The normalized spacial score (nSPS) is 26.0. The Bertz CT molecular complexity index is 772. The van der Waals surface area contributed by atoms with Crippen LogP contribution in [0.3, 0.4) is 0 Å². The zero-order valence-electron chi connectivity index (χ0n) is 14.5. The summed E-state index contributed by atoms with van der Waals surface area (Å²) in [5.41, 5.74) is 1.23. The fraction of sp³-hybridized carbons (Fsp3) is 0.556. The highest BCUT2D eigenvalue weighted by atomic mass is 32.2. The van der Waals surface area contributed by atoms with Crippen molar-refractivity contribution in [2.75, 3.05) is 6.61 Å². The number of fused-ring (bicyclic) bond motifs is 1. The lowest BCUT2D eigenvalue weighted by atomic mass is 9.98. The number of unbranched alkanes of at least 4 members (excludes halogenated alkanes) is 1. The topological polar surface area (TPSA) is 80.8 Å². The van der Waals surface area contributed by atoms with Gasteiger partial charge >= 0.3 is 5.97 Å². The van der Waals surface area contributed by atoms with Crippen molar-refractivity contribution in [3.63, 3.8) is 0 Å². The molecule has 0 aliphatic carbocycles. The SMILES string of the molecule is CC1(C)[C@H](C(=O)OCCCCc2ccccc2)N2C(=O)C[C@H]2S1(=O)=O. The molecule has 0 bridgehead atoms. The van der Waals surface area contributed by atoms with Gasteiger partial charge in [-0.3, -0.25) is 4.79 Å². The molecular formula is C18H23NO5S. The third kappa shape index (κ3) is 2.94. The molecule has 2 saturated heterocycles. The second-order valence-corrected chi connectivity index (χ2v) is 9.81. The first-order valence-corrected chi connectivity index (χ1v) is 10.1. The summed E-state index contributed by atoms with van der Waals surface area (Å²) in [6.07, 6.45) is 2.42. The zero-order valence-corrected chi connectivity index (χ0v) is 15.3. The lowest BCUT2D eigenvalue weighted by Crippen LogP contribution is -2.57. The summed E-state index contributed by atoms with van der Waals surface area (Å²) in [6.45, 7) is 3.22. The molecule has 1 aromatic rings. The lowest BCUT2D eigenvalue weighted by Gasteiger charge is -2.36. The van der Waals surface area contributed by atoms with E-state index in [2.05, 4.69) is 0 Å². The quantitative estimate of drug-likeness (QED) is 0.435. The Balaban J connectivity index is 1.53. The molecule has 0 radical (unpaired) electrons. The van der Waals surface area contributed by atoms with Gasteiger partial charge < -0.3 is 9.64 Å². The smallest absolute Gasteiger partial charge is 0.330 e. The standard InChI is InChI=1S/C18H23NO5S/c1-18(2)16(19-14(20)12-15(19)25(18,22)23)17(21)24-11-7-6-10-13-8-4-3-5-9-13/h3-5,8-9,15-16H,6-7,10-12H2,1-2H3/t15-,16+/m1/s1. The summed E-state index contributed by atoms with van der Waals surface area (Å²) in [4.78, 5) is 25.4. The van der Waals surface area contributed by atoms with E-state index < -0.39 is 32.0 Å². The van der Waals surface area contributed by atoms with Crippen molar-refractivity contribution in [3.05, 3.63) is 35.9 Å². The van der Waals surface area contributed by atoms with E-state index >= 15 is 0 Å². The molecule has 2 aliphatic heterocycles. The Hall–Kier alpha value is -1.89. The molecule has 0 spiro atoms. The summed E-state index contributed by atoms with van der Waals surface area (Å²) in [6, 6.07) is 8.99. The number of carbonyl (C=O) groups is 2. The van der Waals surface area contributed by atoms with Crippen LogP contribution in [0.2, 0.25) is 0 Å². The third-order valence-corrected chi connectivity index (χ3v) is 7.95. The summed E-state index contributed by atoms with van der Waals surface area (Å²) in [5, 5.41) is -0.870. The average Bonchev–Trinajstić information content (AvgIpc) is 2.69. The number of ether oxygens (including phenoxy) is 1. The maximum Gasteiger partial charge on any atom is 0.330 e. The molecule has 136 valence electrons. The van der Waals surface area contributed by atoms with Crippen molar-refractivity contribution in [1.29, 1.82) is 0 Å². The molecule has 2 aliphatic rings. The van der Waals surface area contributed by atoms with E-state index in [9.17, 15) is 18.0 Å². The minimum atomic E-state index is -3.56. The number of carbonyl (C=O) groups excluding carboxylic acids is 2. The van der Waals surface area contributed by atoms with Gasteiger partial charge in [0.15, 0.2) is 9.84 Å². The Labute approximate surface area is 148 Å². The van der Waals surface area contributed by atoms with E-state index in [-0.39, 0.29) is 18.9 Å². The van der Waals surface area contributed by atoms with E-state index in [0.29, 0.717) is 6.42 Å². The maximum absolute atomic E-state index is 12.5. The van der Waals surface area contributed by atoms with Crippen molar-refractivity contribution in [2.45, 2.75) is 55.7 Å². The first kappa shape index (κ1) is 17.9. The van der Waals surface area contributed by atoms with Gasteiger partial charge in [-0.25, -0.2) is 13.2 Å². The van der Waals surface area contributed by atoms with Gasteiger partial charge in [0.05, 0.1) is 17.8 Å². The molecule has 0 aromatic heterocycles. The van der Waals surface area contributed by atoms with Crippen molar-refractivity contribution < 1.29 is 22.7 Å². The van der Waals surface area contributed by atoms with Gasteiger partial charge in [-0.1, -0.05) is 30.3 Å². The van der Waals surface area contributed by atoms with Crippen molar-refractivity contribution in [2.24, 2.45) is 0 Å². The molecule has 2 atom stereocenters. The van der Waals surface area contributed by atoms with Crippen LogP contribution in [0, 0.1) is 0 Å². The second-order valence-electron chi connectivity index (χ2n) is 7.12. The first-order valence-electron chi connectivity index (χ1n) is 8.52. The number of aryl methyl sites for hydroxylation is 1. The average molecular weight is 365 g/mol. The van der Waals surface area contributed by atoms with Gasteiger partial charge in [0.25, 0.3) is 0 Å². The fourth-order valence-electron chi connectivity index (χ4n) is 3.54. The highest BCUT2D eigenvalue weighted by molar-refractivity contribution is 7.93. The number of β-lactam (4-membered cyclic amide) rings is 1. The molecule has 2 fully saturated rings. The van der Waals surface area contributed by atoms with Crippen LogP contribution < -0.4 is 0 Å². The maximum atomic E-state index is 12.5. The number of rotatable bonds is 6. The summed E-state index contributed by atoms with van der Waals surface area (Å²) >= 11 is 0. The van der Waals surface area contributed by atoms with E-state index in [1.165, 1.54) is 24.3 Å². The zero-order chi connectivity index (χ0) is 18.2. The molecule has 1 amide bonds. The summed E-state index contributed by atoms with van der Waals surface area (Å²) in [7, 11) is -3.56. The van der Waals surface area contributed by atoms with Crippen LogP contribution in [-0.4, -0.2) is 48.0 Å². The predicted octanol–water partition coefficient (Wildman–Crippen LogP) is 1.69. The highest BCUT2D eigenvalue weighted by Gasteiger charge is 2.68. The molecule has 2 heterocycles.